The van der Waals surface area contributed by atoms with Gasteiger partial charge in [-0.25, -0.2) is 10.2 Å². The fourth-order valence-electron chi connectivity index (χ4n) is 4.12. The number of alkyl carbamates (subject to hydrolysis) is 1. The number of rotatable bonds is 9. The molecular formula is C32H46N4O7. The molecule has 0 bridgehead atoms. The zero-order valence-electron chi connectivity index (χ0n) is 26.5. The fourth-order valence-corrected chi connectivity index (χ4v) is 4.12. The lowest BCUT2D eigenvalue weighted by Crippen LogP contribution is -2.55. The van der Waals surface area contributed by atoms with Gasteiger partial charge in [0.25, 0.3) is 5.91 Å². The second-order valence-corrected chi connectivity index (χ2v) is 13.5. The number of hydrazone groups is 1. The largest absolute Gasteiger partial charge is 0.508 e. The summed E-state index contributed by atoms with van der Waals surface area (Å²) in [5.41, 5.74) is 3.69. The van der Waals surface area contributed by atoms with Crippen LogP contribution in [0.5, 0.6) is 11.5 Å². The highest BCUT2D eigenvalue weighted by atomic mass is 16.6. The zero-order chi connectivity index (χ0) is 32.8. The van der Waals surface area contributed by atoms with Crippen molar-refractivity contribution in [3.05, 3.63) is 58.7 Å². The Bertz CT molecular complexity index is 1280. The lowest BCUT2D eigenvalue weighted by molar-refractivity contribution is -0.130. The molecule has 0 saturated heterocycles. The number of carbonyl (C=O) groups excluding carboxylic acids is 3. The number of ether oxygens (including phenoxy) is 1. The molecule has 0 radical (unpaired) electrons. The number of phenolic OH excluding ortho intramolecular Hbond substituents is 2. The first-order valence-electron chi connectivity index (χ1n) is 14.1. The molecule has 2 aromatic carbocycles. The van der Waals surface area contributed by atoms with E-state index in [1.807, 2.05) is 53.7 Å². The molecule has 11 nitrogen and oxygen atoms in total. The molecule has 0 aliphatic rings. The Morgan fingerprint density at radius 1 is 0.837 bits per heavy atom. The van der Waals surface area contributed by atoms with Gasteiger partial charge in [-0.05, 0) is 67.0 Å². The molecule has 11 heteroatoms. The van der Waals surface area contributed by atoms with Crippen LogP contribution in [0.3, 0.4) is 0 Å². The van der Waals surface area contributed by atoms with Crippen molar-refractivity contribution in [2.75, 3.05) is 6.61 Å². The fraction of sp³-hybridized carbons (Fsp3) is 0.500. The smallest absolute Gasteiger partial charge is 0.408 e. The van der Waals surface area contributed by atoms with E-state index in [4.69, 9.17) is 4.74 Å². The monoisotopic (exact) mass is 598 g/mol. The van der Waals surface area contributed by atoms with E-state index < -0.39 is 42.2 Å². The van der Waals surface area contributed by atoms with Crippen molar-refractivity contribution in [1.82, 2.24) is 16.1 Å². The molecule has 43 heavy (non-hydrogen) atoms. The number of carbonyl (C=O) groups is 3. The van der Waals surface area contributed by atoms with Crippen molar-refractivity contribution < 1.29 is 34.4 Å². The zero-order valence-corrected chi connectivity index (χ0v) is 26.5. The summed E-state index contributed by atoms with van der Waals surface area (Å²) < 4.78 is 5.16. The Balaban J connectivity index is 2.31. The molecule has 0 unspecified atom stereocenters. The molecule has 2 rings (SSSR count). The van der Waals surface area contributed by atoms with E-state index >= 15 is 0 Å². The normalized spacial score (nSPS) is 13.7. The van der Waals surface area contributed by atoms with Crippen molar-refractivity contribution >= 4 is 24.1 Å². The van der Waals surface area contributed by atoms with Crippen molar-refractivity contribution in [3.8, 4) is 11.5 Å². The van der Waals surface area contributed by atoms with Gasteiger partial charge in [0, 0.05) is 17.5 Å². The van der Waals surface area contributed by atoms with Gasteiger partial charge in [0.2, 0.25) is 5.91 Å². The molecule has 0 heterocycles. The number of phenols is 2. The maximum absolute atomic E-state index is 13.3. The predicted octanol–water partition coefficient (Wildman–Crippen LogP) is 3.76. The first-order valence-corrected chi connectivity index (χ1v) is 14.1. The maximum Gasteiger partial charge on any atom is 0.408 e. The van der Waals surface area contributed by atoms with Crippen LogP contribution in [0, 0.1) is 0 Å². The van der Waals surface area contributed by atoms with Crippen LogP contribution in [0.1, 0.15) is 84.6 Å². The van der Waals surface area contributed by atoms with E-state index in [0.29, 0.717) is 11.1 Å². The molecule has 0 saturated carbocycles. The molecule has 0 aliphatic heterocycles. The second kappa shape index (κ2) is 13.9. The summed E-state index contributed by atoms with van der Waals surface area (Å²) >= 11 is 0. The van der Waals surface area contributed by atoms with Gasteiger partial charge < -0.3 is 30.7 Å². The van der Waals surface area contributed by atoms with E-state index in [0.717, 1.165) is 11.1 Å². The van der Waals surface area contributed by atoms with Crippen molar-refractivity contribution in [2.24, 2.45) is 5.10 Å². The number of aliphatic hydroxyl groups excluding tert-OH is 1. The molecule has 0 aliphatic carbocycles. The molecule has 2 aromatic rings. The number of hydrogen-bond acceptors (Lipinski definition) is 8. The topological polar surface area (TPSA) is 170 Å². The van der Waals surface area contributed by atoms with Gasteiger partial charge in [0.15, 0.2) is 0 Å². The highest BCUT2D eigenvalue weighted by Gasteiger charge is 2.29. The van der Waals surface area contributed by atoms with E-state index in [-0.39, 0.29) is 28.7 Å². The number of aromatic hydroxyl groups is 2. The van der Waals surface area contributed by atoms with Gasteiger partial charge >= 0.3 is 6.09 Å². The third kappa shape index (κ3) is 10.9. The van der Waals surface area contributed by atoms with Crippen molar-refractivity contribution in [1.29, 1.82) is 0 Å². The van der Waals surface area contributed by atoms with Crippen LogP contribution in [0.15, 0.2) is 41.5 Å². The summed E-state index contributed by atoms with van der Waals surface area (Å²) in [6.07, 6.45) is 0.588. The van der Waals surface area contributed by atoms with Gasteiger partial charge in [-0.15, -0.1) is 0 Å². The Hall–Kier alpha value is -4.12. The Morgan fingerprint density at radius 2 is 1.37 bits per heavy atom. The average Bonchev–Trinajstić information content (AvgIpc) is 2.86. The highest BCUT2D eigenvalue weighted by molar-refractivity contribution is 5.92. The first-order chi connectivity index (χ1) is 19.7. The minimum Gasteiger partial charge on any atom is -0.508 e. The molecule has 0 fully saturated rings. The van der Waals surface area contributed by atoms with Gasteiger partial charge in [0.1, 0.15) is 29.2 Å². The second-order valence-electron chi connectivity index (χ2n) is 13.5. The van der Waals surface area contributed by atoms with Crippen LogP contribution in [-0.4, -0.2) is 63.7 Å². The summed E-state index contributed by atoms with van der Waals surface area (Å²) in [6, 6.07) is 7.20. The van der Waals surface area contributed by atoms with E-state index in [1.165, 1.54) is 18.3 Å². The van der Waals surface area contributed by atoms with Crippen LogP contribution >= 0.6 is 0 Å². The molecule has 3 amide bonds. The molecule has 0 aromatic heterocycles. The van der Waals surface area contributed by atoms with Gasteiger partial charge in [-0.3, -0.25) is 9.59 Å². The van der Waals surface area contributed by atoms with E-state index in [9.17, 15) is 29.7 Å². The lowest BCUT2D eigenvalue weighted by atomic mass is 9.78. The quantitative estimate of drug-likeness (QED) is 0.189. The number of nitrogens with zero attached hydrogens (tertiary/aromatic N) is 1. The summed E-state index contributed by atoms with van der Waals surface area (Å²) in [6.45, 7) is 16.2. The molecule has 6 N–H and O–H groups in total. The van der Waals surface area contributed by atoms with Crippen LogP contribution in [0.4, 0.5) is 4.79 Å². The summed E-state index contributed by atoms with van der Waals surface area (Å²) in [7, 11) is 0. The minimum atomic E-state index is -1.38. The van der Waals surface area contributed by atoms with Crippen molar-refractivity contribution in [2.45, 2.75) is 97.2 Å². The number of aliphatic hydroxyl groups is 1. The number of nitrogens with one attached hydrogen (secondary N) is 3. The number of amides is 3. The molecule has 0 spiro atoms. The minimum absolute atomic E-state index is 0.0273. The highest BCUT2D eigenvalue weighted by Crippen LogP contribution is 2.39. The SMILES string of the molecule is CC(C)(C)OC(=O)N[C@@H](CO)C(=O)N[C@@H](Cc1ccc(O)cc1)C(=O)N/N=C\c1cc(C(C)(C)C)c(O)c(C(C)(C)C)c1. The lowest BCUT2D eigenvalue weighted by Gasteiger charge is -2.27. The van der Waals surface area contributed by atoms with E-state index in [1.54, 1.807) is 32.9 Å². The van der Waals surface area contributed by atoms with Gasteiger partial charge in [0.05, 0.1) is 12.8 Å². The average molecular weight is 599 g/mol. The molecule has 236 valence electrons. The Labute approximate surface area is 253 Å². The van der Waals surface area contributed by atoms with Crippen molar-refractivity contribution in [3.63, 3.8) is 0 Å². The third-order valence-corrected chi connectivity index (χ3v) is 6.34. The Kier molecular flexibility index (Phi) is 11.3. The summed E-state index contributed by atoms with van der Waals surface area (Å²) in [4.78, 5) is 38.4. The standard InChI is InChI=1S/C32H46N4O7/c1-30(2,3)22-14-20(15-23(26(22)39)31(4,5)6)17-33-36-28(41)24(16-19-10-12-21(38)13-11-19)34-27(40)25(18-37)35-29(42)43-32(7,8)9/h10-15,17,24-25,37-39H,16,18H2,1-9H3,(H,34,40)(H,35,42)(H,36,41)/b33-17-/t24-,25-/m0/s1. The molecular weight excluding hydrogens is 552 g/mol. The summed E-state index contributed by atoms with van der Waals surface area (Å²) in [5.74, 6) is -1.20. The van der Waals surface area contributed by atoms with Gasteiger partial charge in [-0.1, -0.05) is 53.7 Å². The predicted molar refractivity (Wildman–Crippen MR) is 165 cm³/mol. The Morgan fingerprint density at radius 3 is 1.84 bits per heavy atom. The number of hydrogen-bond donors (Lipinski definition) is 6. The van der Waals surface area contributed by atoms with Crippen LogP contribution in [-0.2, 0) is 31.6 Å². The van der Waals surface area contributed by atoms with E-state index in [2.05, 4.69) is 21.2 Å². The van der Waals surface area contributed by atoms with Crippen LogP contribution < -0.4 is 16.1 Å². The molecule has 2 atom stereocenters. The van der Waals surface area contributed by atoms with Crippen LogP contribution in [0.2, 0.25) is 0 Å². The number of benzene rings is 2. The van der Waals surface area contributed by atoms with Gasteiger partial charge in [-0.2, -0.15) is 5.10 Å². The third-order valence-electron chi connectivity index (χ3n) is 6.34. The van der Waals surface area contributed by atoms with Crippen LogP contribution in [0.25, 0.3) is 0 Å². The summed E-state index contributed by atoms with van der Waals surface area (Å²) in [5, 5.41) is 39.3. The maximum atomic E-state index is 13.3. The first kappa shape index (κ1) is 35.1.